The first-order chi connectivity index (χ1) is 15.7. The number of anilines is 1. The molecule has 3 aromatic rings. The van der Waals surface area contributed by atoms with Crippen molar-refractivity contribution in [3.8, 4) is 22.6 Å². The fraction of sp³-hybridized carbons (Fsp3) is 0.417. The first-order valence-corrected chi connectivity index (χ1v) is 15.3. The van der Waals surface area contributed by atoms with Crippen LogP contribution in [0.15, 0.2) is 36.5 Å². The highest BCUT2D eigenvalue weighted by atomic mass is 35.5. The van der Waals surface area contributed by atoms with Crippen molar-refractivity contribution < 1.29 is 9.47 Å². The number of aromatic nitrogens is 3. The van der Waals surface area contributed by atoms with Gasteiger partial charge in [-0.3, -0.25) is 0 Å². The van der Waals surface area contributed by atoms with E-state index in [1.165, 1.54) is 0 Å². The number of benzene rings is 1. The first kappa shape index (κ1) is 23.9. The van der Waals surface area contributed by atoms with Crippen LogP contribution in [-0.4, -0.2) is 42.5 Å². The summed E-state index contributed by atoms with van der Waals surface area (Å²) in [7, 11) is 0.598. The van der Waals surface area contributed by atoms with Crippen molar-refractivity contribution >= 4 is 25.6 Å². The third-order valence-electron chi connectivity index (χ3n) is 5.77. The molecule has 2 unspecified atom stereocenters. The average Bonchev–Trinajstić information content (AvgIpc) is 3.38. The molecule has 3 N–H and O–H groups in total. The molecule has 176 valence electrons. The summed E-state index contributed by atoms with van der Waals surface area (Å²) in [6, 6.07) is 11.0. The predicted molar refractivity (Wildman–Crippen MR) is 136 cm³/mol. The molecule has 0 amide bonds. The number of nitrogens with one attached hydrogen (secondary N) is 1. The molecule has 1 fully saturated rings. The van der Waals surface area contributed by atoms with Gasteiger partial charge in [0.15, 0.2) is 0 Å². The Morgan fingerprint density at radius 2 is 2.00 bits per heavy atom. The molecule has 2 aromatic heterocycles. The molecule has 1 saturated heterocycles. The van der Waals surface area contributed by atoms with E-state index in [1.54, 1.807) is 13.2 Å². The number of nitrogens with two attached hydrogens (primary N) is 1. The number of ether oxygens (including phenoxy) is 2. The lowest BCUT2D eigenvalue weighted by Crippen LogP contribution is -2.22. The molecular formula is C24H32ClN5O2Si. The lowest BCUT2D eigenvalue weighted by atomic mass is 10.0. The van der Waals surface area contributed by atoms with E-state index < -0.39 is 8.07 Å². The molecule has 0 spiro atoms. The van der Waals surface area contributed by atoms with Crippen LogP contribution < -0.4 is 11.1 Å². The highest BCUT2D eigenvalue weighted by Crippen LogP contribution is 2.45. The van der Waals surface area contributed by atoms with Crippen molar-refractivity contribution in [2.45, 2.75) is 51.7 Å². The molecule has 1 aromatic carbocycles. The second-order valence-corrected chi connectivity index (χ2v) is 15.7. The van der Waals surface area contributed by atoms with E-state index in [9.17, 15) is 0 Å². The molecular weight excluding hydrogens is 454 g/mol. The Labute approximate surface area is 201 Å². The van der Waals surface area contributed by atoms with Gasteiger partial charge in [0.05, 0.1) is 17.1 Å². The first-order valence-electron chi connectivity index (χ1n) is 11.2. The topological polar surface area (TPSA) is 90.5 Å². The van der Waals surface area contributed by atoms with Gasteiger partial charge in [0.2, 0.25) is 5.95 Å². The summed E-state index contributed by atoms with van der Waals surface area (Å²) in [4.78, 5) is 8.95. The number of hydrogen-bond acceptors (Lipinski definition) is 6. The second kappa shape index (κ2) is 9.56. The summed E-state index contributed by atoms with van der Waals surface area (Å²) in [5.74, 6) is 0.557. The molecule has 2 atom stereocenters. The van der Waals surface area contributed by atoms with E-state index in [4.69, 9.17) is 26.8 Å². The minimum absolute atomic E-state index is 0.175. The highest BCUT2D eigenvalue weighted by Gasteiger charge is 2.41. The smallest absolute Gasteiger partial charge is 0.222 e. The number of hydrogen-bond donors (Lipinski definition) is 2. The molecule has 9 heteroatoms. The maximum atomic E-state index is 6.41. The molecule has 0 radical (unpaired) electrons. The molecule has 0 aliphatic carbocycles. The minimum Gasteiger partial charge on any atom is -0.361 e. The fourth-order valence-electron chi connectivity index (χ4n) is 3.81. The van der Waals surface area contributed by atoms with Crippen LogP contribution in [0.25, 0.3) is 22.6 Å². The van der Waals surface area contributed by atoms with Crippen LogP contribution in [0.1, 0.15) is 17.2 Å². The van der Waals surface area contributed by atoms with E-state index in [1.807, 2.05) is 24.3 Å². The van der Waals surface area contributed by atoms with Crippen molar-refractivity contribution in [1.29, 1.82) is 0 Å². The van der Waals surface area contributed by atoms with E-state index in [2.05, 4.69) is 52.5 Å². The Kier molecular flexibility index (Phi) is 6.92. The van der Waals surface area contributed by atoms with Gasteiger partial charge in [-0.1, -0.05) is 37.3 Å². The summed E-state index contributed by atoms with van der Waals surface area (Å²) in [6.07, 6.45) is 1.25. The van der Waals surface area contributed by atoms with Gasteiger partial charge in [-0.2, -0.15) is 0 Å². The Hall–Kier alpha value is -2.23. The Bertz CT molecular complexity index is 1140. The zero-order valence-electron chi connectivity index (χ0n) is 19.9. The summed E-state index contributed by atoms with van der Waals surface area (Å²) in [5, 5.41) is 3.69. The molecule has 3 heterocycles. The Balaban J connectivity index is 1.85. The van der Waals surface area contributed by atoms with E-state index in [-0.39, 0.29) is 12.3 Å². The Morgan fingerprint density at radius 3 is 2.67 bits per heavy atom. The molecule has 1 aliphatic heterocycles. The van der Waals surface area contributed by atoms with Crippen LogP contribution >= 0.6 is 11.6 Å². The van der Waals surface area contributed by atoms with Crippen LogP contribution in [0.5, 0.6) is 0 Å². The molecule has 0 saturated carbocycles. The van der Waals surface area contributed by atoms with Crippen LogP contribution in [0.3, 0.4) is 0 Å². The standard InChI is InChI=1S/C24H32ClN5O2Si/c1-15-6-7-16(25)12-17(15)21-18(22-23(26)32-22)13-20(19-8-9-28-24(27-2)29-19)30(21)14-31-10-11-33(3,4)5/h6-9,12-13,22-23H,10-11,14,26H2,1-5H3,(H,27,28,29). The third kappa shape index (κ3) is 5.47. The SMILES string of the molecule is CNc1nccc(-c2cc(C3OC3N)c(-c3cc(Cl)ccc3C)n2COCC[Si](C)(C)C)n1. The predicted octanol–water partition coefficient (Wildman–Crippen LogP) is 5.28. The Morgan fingerprint density at radius 1 is 1.24 bits per heavy atom. The van der Waals surface area contributed by atoms with Crippen molar-refractivity contribution in [3.05, 3.63) is 52.7 Å². The van der Waals surface area contributed by atoms with E-state index >= 15 is 0 Å². The van der Waals surface area contributed by atoms with Gasteiger partial charge in [0.25, 0.3) is 0 Å². The second-order valence-electron chi connectivity index (χ2n) is 9.61. The van der Waals surface area contributed by atoms with Crippen molar-refractivity contribution in [2.24, 2.45) is 5.73 Å². The molecule has 0 bridgehead atoms. The molecule has 7 nitrogen and oxygen atoms in total. The number of nitrogens with zero attached hydrogens (tertiary/aromatic N) is 3. The normalized spacial score (nSPS) is 17.9. The van der Waals surface area contributed by atoms with Crippen molar-refractivity contribution in [1.82, 2.24) is 14.5 Å². The van der Waals surface area contributed by atoms with E-state index in [0.717, 1.165) is 39.8 Å². The van der Waals surface area contributed by atoms with Gasteiger partial charge in [-0.15, -0.1) is 0 Å². The molecule has 4 rings (SSSR count). The maximum Gasteiger partial charge on any atom is 0.222 e. The van der Waals surface area contributed by atoms with Crippen LogP contribution in [0, 0.1) is 6.92 Å². The molecule has 1 aliphatic rings. The average molecular weight is 486 g/mol. The lowest BCUT2D eigenvalue weighted by molar-refractivity contribution is 0.0894. The van der Waals surface area contributed by atoms with Gasteiger partial charge < -0.3 is 25.1 Å². The fourth-order valence-corrected chi connectivity index (χ4v) is 4.74. The summed E-state index contributed by atoms with van der Waals surface area (Å²) in [6.45, 7) is 10.2. The highest BCUT2D eigenvalue weighted by molar-refractivity contribution is 6.76. The van der Waals surface area contributed by atoms with Crippen LogP contribution in [0.4, 0.5) is 5.95 Å². The summed E-state index contributed by atoms with van der Waals surface area (Å²) < 4.78 is 14.1. The quantitative estimate of drug-likeness (QED) is 0.243. The van der Waals surface area contributed by atoms with Crippen molar-refractivity contribution in [2.75, 3.05) is 19.0 Å². The number of rotatable bonds is 9. The van der Waals surface area contributed by atoms with E-state index in [0.29, 0.717) is 24.3 Å². The third-order valence-corrected chi connectivity index (χ3v) is 7.71. The lowest BCUT2D eigenvalue weighted by Gasteiger charge is -2.19. The largest absolute Gasteiger partial charge is 0.361 e. The summed E-state index contributed by atoms with van der Waals surface area (Å²) in [5.41, 5.74) is 12.0. The zero-order chi connectivity index (χ0) is 23.8. The summed E-state index contributed by atoms with van der Waals surface area (Å²) >= 11 is 6.41. The number of epoxide rings is 1. The zero-order valence-corrected chi connectivity index (χ0v) is 21.6. The van der Waals surface area contributed by atoms with Gasteiger partial charge in [0, 0.05) is 44.1 Å². The number of halogens is 1. The van der Waals surface area contributed by atoms with Gasteiger partial charge in [-0.05, 0) is 42.8 Å². The van der Waals surface area contributed by atoms with Crippen molar-refractivity contribution in [3.63, 3.8) is 0 Å². The maximum absolute atomic E-state index is 6.41. The van der Waals surface area contributed by atoms with Crippen LogP contribution in [0.2, 0.25) is 30.7 Å². The molecule has 33 heavy (non-hydrogen) atoms. The number of aryl methyl sites for hydroxylation is 1. The van der Waals surface area contributed by atoms with Gasteiger partial charge >= 0.3 is 0 Å². The van der Waals surface area contributed by atoms with Crippen LogP contribution in [-0.2, 0) is 16.2 Å². The van der Waals surface area contributed by atoms with Gasteiger partial charge in [-0.25, -0.2) is 9.97 Å². The minimum atomic E-state index is -1.21. The monoisotopic (exact) mass is 485 g/mol. The van der Waals surface area contributed by atoms with Gasteiger partial charge in [0.1, 0.15) is 19.1 Å².